The van der Waals surface area contributed by atoms with Gasteiger partial charge in [0.25, 0.3) is 0 Å². The number of aryl methyl sites for hydroxylation is 3. The first-order valence-electron chi connectivity index (χ1n) is 7.27. The molecule has 2 aromatic rings. The van der Waals surface area contributed by atoms with Crippen LogP contribution in [0.25, 0.3) is 0 Å². The highest BCUT2D eigenvalue weighted by Crippen LogP contribution is 2.19. The third kappa shape index (κ3) is 4.96. The molecule has 0 heterocycles. The van der Waals surface area contributed by atoms with Gasteiger partial charge < -0.3 is 10.2 Å². The smallest absolute Gasteiger partial charge is 0.116 e. The average molecular weight is 272 g/mol. The minimum absolute atomic E-state index is 0.303. The van der Waals surface area contributed by atoms with Crippen LogP contribution in [0.5, 0.6) is 11.5 Å². The Balaban J connectivity index is 0.000000956. The molecule has 2 N–H and O–H groups in total. The Hall–Kier alpha value is -1.96. The number of benzene rings is 2. The van der Waals surface area contributed by atoms with Crippen molar-refractivity contribution in [3.63, 3.8) is 0 Å². The van der Waals surface area contributed by atoms with E-state index in [0.717, 1.165) is 36.0 Å². The summed E-state index contributed by atoms with van der Waals surface area (Å²) in [6.45, 7) is 6.08. The third-order valence-corrected chi connectivity index (χ3v) is 3.06. The fourth-order valence-electron chi connectivity index (χ4n) is 2.09. The van der Waals surface area contributed by atoms with E-state index < -0.39 is 0 Å². The maximum absolute atomic E-state index is 9.63. The summed E-state index contributed by atoms with van der Waals surface area (Å²) < 4.78 is 0. The second-order valence-electron chi connectivity index (χ2n) is 4.53. The largest absolute Gasteiger partial charge is 0.508 e. The van der Waals surface area contributed by atoms with Gasteiger partial charge in [0, 0.05) is 0 Å². The molecule has 2 aromatic carbocycles. The molecule has 0 aromatic heterocycles. The first-order valence-corrected chi connectivity index (χ1v) is 7.27. The minimum Gasteiger partial charge on any atom is -0.508 e. The Morgan fingerprint density at radius 2 is 1.35 bits per heavy atom. The summed E-state index contributed by atoms with van der Waals surface area (Å²) in [6.07, 6.45) is 2.65. The molecule has 0 unspecified atom stereocenters. The van der Waals surface area contributed by atoms with Gasteiger partial charge in [-0.15, -0.1) is 0 Å². The average Bonchev–Trinajstić information content (AvgIpc) is 2.47. The Bertz CT molecular complexity index is 533. The summed E-state index contributed by atoms with van der Waals surface area (Å²) in [5, 5.41) is 19.0. The van der Waals surface area contributed by atoms with Crippen LogP contribution in [-0.2, 0) is 19.3 Å². The summed E-state index contributed by atoms with van der Waals surface area (Å²) in [6, 6.07) is 13.0. The number of phenols is 2. The van der Waals surface area contributed by atoms with E-state index >= 15 is 0 Å². The quantitative estimate of drug-likeness (QED) is 0.862. The molecule has 2 rings (SSSR count). The third-order valence-electron chi connectivity index (χ3n) is 3.06. The van der Waals surface area contributed by atoms with Crippen LogP contribution < -0.4 is 0 Å². The maximum atomic E-state index is 9.63. The molecule has 2 heteroatoms. The van der Waals surface area contributed by atoms with Gasteiger partial charge >= 0.3 is 0 Å². The van der Waals surface area contributed by atoms with E-state index in [2.05, 4.69) is 13.0 Å². The summed E-state index contributed by atoms with van der Waals surface area (Å²) in [4.78, 5) is 0. The fourth-order valence-corrected chi connectivity index (χ4v) is 2.09. The zero-order chi connectivity index (χ0) is 15.0. The fraction of sp³-hybridized carbons (Fsp3) is 0.333. The molecule has 0 spiro atoms. The lowest BCUT2D eigenvalue weighted by Crippen LogP contribution is -1.93. The molecule has 0 fully saturated rings. The van der Waals surface area contributed by atoms with Crippen molar-refractivity contribution in [1.82, 2.24) is 0 Å². The van der Waals surface area contributed by atoms with E-state index in [1.807, 2.05) is 32.0 Å². The molecular weight excluding hydrogens is 248 g/mol. The van der Waals surface area contributed by atoms with Crippen LogP contribution in [0.3, 0.4) is 0 Å². The van der Waals surface area contributed by atoms with Gasteiger partial charge in [0.1, 0.15) is 11.5 Å². The highest BCUT2D eigenvalue weighted by Gasteiger charge is 2.01. The molecule has 0 saturated heterocycles. The molecule has 0 radical (unpaired) electrons. The van der Waals surface area contributed by atoms with Crippen LogP contribution >= 0.6 is 0 Å². The molecule has 108 valence electrons. The van der Waals surface area contributed by atoms with Crippen LogP contribution in [0.4, 0.5) is 0 Å². The summed E-state index contributed by atoms with van der Waals surface area (Å²) >= 11 is 0. The van der Waals surface area contributed by atoms with Gasteiger partial charge in [-0.25, -0.2) is 0 Å². The number of hydrogen-bond acceptors (Lipinski definition) is 2. The molecule has 0 aliphatic heterocycles. The first kappa shape index (κ1) is 16.1. The van der Waals surface area contributed by atoms with E-state index in [9.17, 15) is 10.2 Å². The van der Waals surface area contributed by atoms with Crippen molar-refractivity contribution in [2.75, 3.05) is 0 Å². The summed E-state index contributed by atoms with van der Waals surface area (Å²) in [7, 11) is 0. The van der Waals surface area contributed by atoms with E-state index in [-0.39, 0.29) is 0 Å². The Morgan fingerprint density at radius 3 is 2.00 bits per heavy atom. The number of aromatic hydroxyl groups is 2. The van der Waals surface area contributed by atoms with Crippen molar-refractivity contribution < 1.29 is 10.2 Å². The van der Waals surface area contributed by atoms with Crippen LogP contribution in [0.2, 0.25) is 0 Å². The van der Waals surface area contributed by atoms with E-state index in [0.29, 0.717) is 11.5 Å². The second-order valence-corrected chi connectivity index (χ2v) is 4.53. The standard InChI is InChI=1S/C16H18O2.C2H6/c1-2-12-8-14(11-16(18)9-12)7-6-13-4-3-5-15(17)10-13;1-2/h3-5,8-11,17-18H,2,6-7H2,1H3;1-2H3. The predicted molar refractivity (Wildman–Crippen MR) is 84.3 cm³/mol. The molecule has 0 saturated carbocycles. The molecule has 2 nitrogen and oxygen atoms in total. The van der Waals surface area contributed by atoms with Gasteiger partial charge in [-0.2, -0.15) is 0 Å². The molecule has 0 bridgehead atoms. The highest BCUT2D eigenvalue weighted by atomic mass is 16.3. The van der Waals surface area contributed by atoms with Crippen molar-refractivity contribution >= 4 is 0 Å². The second kappa shape index (κ2) is 8.26. The van der Waals surface area contributed by atoms with Gasteiger partial charge in [0.2, 0.25) is 0 Å². The lowest BCUT2D eigenvalue weighted by Gasteiger charge is -2.06. The Labute approximate surface area is 121 Å². The van der Waals surface area contributed by atoms with E-state index in [1.54, 1.807) is 18.2 Å². The van der Waals surface area contributed by atoms with E-state index in [1.165, 1.54) is 0 Å². The summed E-state index contributed by atoms with van der Waals surface area (Å²) in [5.74, 6) is 0.637. The molecule has 20 heavy (non-hydrogen) atoms. The first-order chi connectivity index (χ1) is 9.67. The minimum atomic E-state index is 0.303. The van der Waals surface area contributed by atoms with Crippen molar-refractivity contribution in [2.24, 2.45) is 0 Å². The van der Waals surface area contributed by atoms with Crippen molar-refractivity contribution in [2.45, 2.75) is 40.0 Å². The van der Waals surface area contributed by atoms with Crippen LogP contribution in [0.15, 0.2) is 42.5 Å². The number of phenolic OH excluding ortho intramolecular Hbond substituents is 2. The molecule has 0 atom stereocenters. The zero-order valence-corrected chi connectivity index (χ0v) is 12.6. The SMILES string of the molecule is CC.CCc1cc(O)cc(CCc2cccc(O)c2)c1. The Kier molecular flexibility index (Phi) is 6.65. The van der Waals surface area contributed by atoms with Gasteiger partial charge in [0.05, 0.1) is 0 Å². The van der Waals surface area contributed by atoms with Gasteiger partial charge in [-0.05, 0) is 60.2 Å². The summed E-state index contributed by atoms with van der Waals surface area (Å²) in [5.41, 5.74) is 3.40. The van der Waals surface area contributed by atoms with Gasteiger partial charge in [-0.3, -0.25) is 0 Å². The Morgan fingerprint density at radius 1 is 0.750 bits per heavy atom. The predicted octanol–water partition coefficient (Wildman–Crippen LogP) is 4.47. The molecule has 0 amide bonds. The number of rotatable bonds is 4. The number of hydrogen-bond donors (Lipinski definition) is 2. The lowest BCUT2D eigenvalue weighted by molar-refractivity contribution is 0.473. The van der Waals surface area contributed by atoms with E-state index in [4.69, 9.17) is 0 Å². The van der Waals surface area contributed by atoms with Crippen molar-refractivity contribution in [3.8, 4) is 11.5 Å². The van der Waals surface area contributed by atoms with Crippen LogP contribution in [-0.4, -0.2) is 10.2 Å². The monoisotopic (exact) mass is 272 g/mol. The normalized spacial score (nSPS) is 9.75. The van der Waals surface area contributed by atoms with Gasteiger partial charge in [0.15, 0.2) is 0 Å². The molecule has 0 aliphatic carbocycles. The maximum Gasteiger partial charge on any atom is 0.116 e. The topological polar surface area (TPSA) is 40.5 Å². The molecule has 0 aliphatic rings. The lowest BCUT2D eigenvalue weighted by atomic mass is 10.0. The molecular formula is C18H24O2. The highest BCUT2D eigenvalue weighted by molar-refractivity contribution is 5.34. The van der Waals surface area contributed by atoms with Crippen molar-refractivity contribution in [3.05, 3.63) is 59.2 Å². The zero-order valence-electron chi connectivity index (χ0n) is 12.6. The van der Waals surface area contributed by atoms with Crippen LogP contribution in [0, 0.1) is 0 Å². The van der Waals surface area contributed by atoms with Gasteiger partial charge in [-0.1, -0.05) is 39.0 Å². The van der Waals surface area contributed by atoms with Crippen LogP contribution in [0.1, 0.15) is 37.5 Å². The van der Waals surface area contributed by atoms with Crippen molar-refractivity contribution in [1.29, 1.82) is 0 Å².